The first-order valence-corrected chi connectivity index (χ1v) is 11.6. The Morgan fingerprint density at radius 2 is 1.75 bits per heavy atom. The third-order valence-electron chi connectivity index (χ3n) is 5.28. The first kappa shape index (κ1) is 21.7. The van der Waals surface area contributed by atoms with Gasteiger partial charge in [-0.25, -0.2) is 8.42 Å². The molecule has 3 aromatic rings. The van der Waals surface area contributed by atoms with Crippen LogP contribution in [0.15, 0.2) is 77.7 Å². The van der Waals surface area contributed by atoms with Crippen molar-refractivity contribution in [3.8, 4) is 11.5 Å². The van der Waals surface area contributed by atoms with E-state index in [1.54, 1.807) is 55.6 Å². The molecule has 7 nitrogen and oxygen atoms in total. The second-order valence-corrected chi connectivity index (χ2v) is 9.32. The number of benzene rings is 3. The lowest BCUT2D eigenvalue weighted by Crippen LogP contribution is -2.50. The van der Waals surface area contributed by atoms with E-state index in [0.717, 1.165) is 11.1 Å². The highest BCUT2D eigenvalue weighted by molar-refractivity contribution is 7.92. The van der Waals surface area contributed by atoms with Crippen molar-refractivity contribution >= 4 is 21.6 Å². The number of rotatable bonds is 6. The summed E-state index contributed by atoms with van der Waals surface area (Å²) in [6.45, 7) is 1.99. The second-order valence-electron chi connectivity index (χ2n) is 7.45. The molecule has 0 saturated carbocycles. The maximum atomic E-state index is 13.4. The van der Waals surface area contributed by atoms with E-state index >= 15 is 0 Å². The molecule has 4 rings (SSSR count). The van der Waals surface area contributed by atoms with Crippen LogP contribution in [0.2, 0.25) is 0 Å². The van der Waals surface area contributed by atoms with Gasteiger partial charge in [0.1, 0.15) is 11.5 Å². The van der Waals surface area contributed by atoms with Crippen LogP contribution in [0.1, 0.15) is 11.1 Å². The van der Waals surface area contributed by atoms with Gasteiger partial charge in [0.2, 0.25) is 0 Å². The van der Waals surface area contributed by atoms with Crippen LogP contribution < -0.4 is 19.1 Å². The molecule has 0 spiro atoms. The smallest absolute Gasteiger partial charge is 0.264 e. The Hall–Kier alpha value is -3.52. The highest BCUT2D eigenvalue weighted by Crippen LogP contribution is 2.36. The van der Waals surface area contributed by atoms with Gasteiger partial charge in [0.15, 0.2) is 6.10 Å². The van der Waals surface area contributed by atoms with Crippen molar-refractivity contribution in [2.45, 2.75) is 24.5 Å². The summed E-state index contributed by atoms with van der Waals surface area (Å²) in [6.07, 6.45) is -1.00. The van der Waals surface area contributed by atoms with Crippen molar-refractivity contribution in [3.05, 3.63) is 83.9 Å². The summed E-state index contributed by atoms with van der Waals surface area (Å²) in [7, 11) is -2.32. The molecule has 1 amide bonds. The number of fused-ring (bicyclic) bond motifs is 1. The number of anilines is 1. The van der Waals surface area contributed by atoms with Gasteiger partial charge in [-0.2, -0.15) is 0 Å². The number of nitrogens with zero attached hydrogens (tertiary/aromatic N) is 1. The number of carbonyl (C=O) groups excluding carboxylic acids is 1. The summed E-state index contributed by atoms with van der Waals surface area (Å²) in [5.74, 6) is 0.590. The topological polar surface area (TPSA) is 84.9 Å². The molecule has 166 valence electrons. The van der Waals surface area contributed by atoms with Crippen molar-refractivity contribution in [3.63, 3.8) is 0 Å². The zero-order valence-electron chi connectivity index (χ0n) is 17.8. The van der Waals surface area contributed by atoms with Crippen LogP contribution >= 0.6 is 0 Å². The largest absolute Gasteiger partial charge is 0.496 e. The predicted molar refractivity (Wildman–Crippen MR) is 121 cm³/mol. The molecule has 1 heterocycles. The number of amides is 1. The highest BCUT2D eigenvalue weighted by Gasteiger charge is 2.37. The molecule has 3 aromatic carbocycles. The molecule has 0 bridgehead atoms. The van der Waals surface area contributed by atoms with E-state index in [2.05, 4.69) is 5.32 Å². The van der Waals surface area contributed by atoms with Crippen molar-refractivity contribution in [2.24, 2.45) is 0 Å². The third-order valence-corrected chi connectivity index (χ3v) is 7.08. The van der Waals surface area contributed by atoms with Gasteiger partial charge in [-0.05, 0) is 37.3 Å². The quantitative estimate of drug-likeness (QED) is 0.621. The fourth-order valence-corrected chi connectivity index (χ4v) is 5.02. The van der Waals surface area contributed by atoms with Crippen LogP contribution in [-0.2, 0) is 21.4 Å². The van der Waals surface area contributed by atoms with Crippen molar-refractivity contribution in [1.29, 1.82) is 0 Å². The van der Waals surface area contributed by atoms with Crippen LogP contribution in [0.3, 0.4) is 0 Å². The van der Waals surface area contributed by atoms with E-state index in [4.69, 9.17) is 9.47 Å². The average molecular weight is 453 g/mol. The monoisotopic (exact) mass is 452 g/mol. The first-order chi connectivity index (χ1) is 15.4. The second kappa shape index (κ2) is 8.92. The van der Waals surface area contributed by atoms with Gasteiger partial charge in [-0.1, -0.05) is 48.0 Å². The van der Waals surface area contributed by atoms with Crippen molar-refractivity contribution in [1.82, 2.24) is 5.32 Å². The molecule has 0 aromatic heterocycles. The molecular weight excluding hydrogens is 428 g/mol. The number of hydrogen-bond donors (Lipinski definition) is 1. The van der Waals surface area contributed by atoms with Crippen LogP contribution in [0, 0.1) is 6.92 Å². The number of hydrogen-bond acceptors (Lipinski definition) is 5. The highest BCUT2D eigenvalue weighted by atomic mass is 32.2. The van der Waals surface area contributed by atoms with Gasteiger partial charge in [-0.3, -0.25) is 9.10 Å². The molecule has 0 radical (unpaired) electrons. The fourth-order valence-electron chi connectivity index (χ4n) is 3.55. The summed E-state index contributed by atoms with van der Waals surface area (Å²) in [6, 6.07) is 20.8. The maximum absolute atomic E-state index is 13.4. The van der Waals surface area contributed by atoms with Gasteiger partial charge in [0, 0.05) is 12.1 Å². The molecule has 1 unspecified atom stereocenters. The standard InChI is InChI=1S/C24H24N2O5S/c1-17-11-13-19(14-12-17)32(28,29)26-16-23(31-22-10-6-4-8-20(22)26)24(27)25-15-18-7-3-5-9-21(18)30-2/h3-14,23H,15-16H2,1-2H3,(H,25,27). The normalized spacial score (nSPS) is 15.4. The van der Waals surface area contributed by atoms with Gasteiger partial charge < -0.3 is 14.8 Å². The van der Waals surface area contributed by atoms with Crippen LogP contribution in [0.5, 0.6) is 11.5 Å². The number of ether oxygens (including phenoxy) is 2. The number of sulfonamides is 1. The van der Waals surface area contributed by atoms with Crippen LogP contribution in [0.25, 0.3) is 0 Å². The molecule has 1 N–H and O–H groups in total. The maximum Gasteiger partial charge on any atom is 0.264 e. The lowest BCUT2D eigenvalue weighted by Gasteiger charge is -2.34. The molecule has 0 fully saturated rings. The number of carbonyl (C=O) groups is 1. The zero-order chi connectivity index (χ0) is 22.7. The molecule has 8 heteroatoms. The van der Waals surface area contributed by atoms with E-state index in [1.165, 1.54) is 4.31 Å². The Morgan fingerprint density at radius 1 is 1.06 bits per heavy atom. The summed E-state index contributed by atoms with van der Waals surface area (Å²) in [4.78, 5) is 13.1. The molecule has 1 aliphatic rings. The Morgan fingerprint density at radius 3 is 2.50 bits per heavy atom. The van der Waals surface area contributed by atoms with Crippen LogP contribution in [-0.4, -0.2) is 34.1 Å². The zero-order valence-corrected chi connectivity index (χ0v) is 18.6. The van der Waals surface area contributed by atoms with E-state index in [-0.39, 0.29) is 18.0 Å². The SMILES string of the molecule is COc1ccccc1CNC(=O)C1CN(S(=O)(=O)c2ccc(C)cc2)c2ccccc2O1. The number of para-hydroxylation sites is 3. The number of nitrogens with one attached hydrogen (secondary N) is 1. The molecule has 1 aliphatic heterocycles. The van der Waals surface area contributed by atoms with Gasteiger partial charge in [0.05, 0.1) is 24.2 Å². The number of methoxy groups -OCH3 is 1. The fraction of sp³-hybridized carbons (Fsp3) is 0.208. The molecule has 0 saturated heterocycles. The van der Waals surface area contributed by atoms with Crippen molar-refractivity contribution < 1.29 is 22.7 Å². The molecule has 32 heavy (non-hydrogen) atoms. The van der Waals surface area contributed by atoms with Gasteiger partial charge in [0.25, 0.3) is 15.9 Å². The van der Waals surface area contributed by atoms with E-state index < -0.39 is 22.0 Å². The minimum Gasteiger partial charge on any atom is -0.496 e. The Bertz CT molecular complexity index is 1230. The summed E-state index contributed by atoms with van der Waals surface area (Å²) >= 11 is 0. The predicted octanol–water partition coefficient (Wildman–Crippen LogP) is 3.28. The first-order valence-electron chi connectivity index (χ1n) is 10.1. The summed E-state index contributed by atoms with van der Waals surface area (Å²) in [5, 5.41) is 2.83. The van der Waals surface area contributed by atoms with E-state index in [0.29, 0.717) is 17.2 Å². The van der Waals surface area contributed by atoms with Gasteiger partial charge in [-0.15, -0.1) is 0 Å². The van der Waals surface area contributed by atoms with Crippen LogP contribution in [0.4, 0.5) is 5.69 Å². The Kier molecular flexibility index (Phi) is 6.05. The van der Waals surface area contributed by atoms with Gasteiger partial charge >= 0.3 is 0 Å². The Balaban J connectivity index is 1.59. The summed E-state index contributed by atoms with van der Waals surface area (Å²) in [5.41, 5.74) is 2.17. The van der Waals surface area contributed by atoms with Crippen molar-refractivity contribution in [2.75, 3.05) is 18.0 Å². The van der Waals surface area contributed by atoms with E-state index in [9.17, 15) is 13.2 Å². The molecule has 1 atom stereocenters. The molecular formula is C24H24N2O5S. The lowest BCUT2D eigenvalue weighted by atomic mass is 10.2. The van der Waals surface area contributed by atoms with E-state index in [1.807, 2.05) is 31.2 Å². The number of aryl methyl sites for hydroxylation is 1. The minimum atomic E-state index is -3.88. The Labute approximate surface area is 187 Å². The summed E-state index contributed by atoms with van der Waals surface area (Å²) < 4.78 is 39.3. The lowest BCUT2D eigenvalue weighted by molar-refractivity contribution is -0.127. The third kappa shape index (κ3) is 4.27. The minimum absolute atomic E-state index is 0.134. The average Bonchev–Trinajstić information content (AvgIpc) is 2.82. The molecule has 0 aliphatic carbocycles.